The number of hydrogen-bond acceptors (Lipinski definition) is 4. The van der Waals surface area contributed by atoms with E-state index in [0.29, 0.717) is 0 Å². The molecule has 108 valence electrons. The van der Waals surface area contributed by atoms with Crippen LogP contribution in [-0.4, -0.2) is 9.97 Å². The van der Waals surface area contributed by atoms with E-state index >= 15 is 0 Å². The molecule has 0 N–H and O–H groups in total. The zero-order valence-electron chi connectivity index (χ0n) is 12.7. The summed E-state index contributed by atoms with van der Waals surface area (Å²) >= 11 is 3.50. The summed E-state index contributed by atoms with van der Waals surface area (Å²) in [7, 11) is 0. The van der Waals surface area contributed by atoms with Crippen LogP contribution in [0.2, 0.25) is 0 Å². The highest BCUT2D eigenvalue weighted by Gasteiger charge is 2.13. The summed E-state index contributed by atoms with van der Waals surface area (Å²) in [5, 5.41) is 4.40. The van der Waals surface area contributed by atoms with Gasteiger partial charge in [-0.05, 0) is 39.3 Å². The molecule has 0 atom stereocenters. The highest BCUT2D eigenvalue weighted by Crippen LogP contribution is 2.31. The summed E-state index contributed by atoms with van der Waals surface area (Å²) in [4.78, 5) is 10.7. The Morgan fingerprint density at radius 1 is 1.00 bits per heavy atom. The lowest BCUT2D eigenvalue weighted by atomic mass is 10.0. The first-order valence-electron chi connectivity index (χ1n) is 6.98. The molecule has 0 unspecified atom stereocenters. The molecular formula is C17H18N2S2. The standard InChI is InChI=1S/C17H18N2S2/c1-10-5-6-11(2)14(7-10)17-13(4)21-16(19-17)8-15-18-12(3)9-20-15/h5-7,9H,8H2,1-4H3. The van der Waals surface area contributed by atoms with Gasteiger partial charge in [-0.25, -0.2) is 9.97 Å². The van der Waals surface area contributed by atoms with Crippen molar-refractivity contribution in [2.75, 3.05) is 0 Å². The van der Waals surface area contributed by atoms with Gasteiger partial charge in [-0.2, -0.15) is 0 Å². The van der Waals surface area contributed by atoms with E-state index in [1.807, 2.05) is 6.92 Å². The Kier molecular flexibility index (Phi) is 3.91. The maximum atomic E-state index is 4.87. The molecule has 2 heterocycles. The van der Waals surface area contributed by atoms with Crippen LogP contribution in [0, 0.1) is 27.7 Å². The van der Waals surface area contributed by atoms with Gasteiger partial charge in [0.25, 0.3) is 0 Å². The summed E-state index contributed by atoms with van der Waals surface area (Å²) in [6, 6.07) is 6.56. The Morgan fingerprint density at radius 3 is 2.52 bits per heavy atom. The molecule has 3 rings (SSSR count). The van der Waals surface area contributed by atoms with Gasteiger partial charge in [0.1, 0.15) is 5.01 Å². The Hall–Kier alpha value is -1.52. The lowest BCUT2D eigenvalue weighted by Gasteiger charge is -2.05. The van der Waals surface area contributed by atoms with E-state index < -0.39 is 0 Å². The molecule has 3 aromatic rings. The minimum atomic E-state index is 0.842. The fourth-order valence-electron chi connectivity index (χ4n) is 2.38. The zero-order chi connectivity index (χ0) is 15.0. The van der Waals surface area contributed by atoms with Crippen molar-refractivity contribution < 1.29 is 0 Å². The summed E-state index contributed by atoms with van der Waals surface area (Å²) < 4.78 is 0. The quantitative estimate of drug-likeness (QED) is 0.673. The third kappa shape index (κ3) is 3.06. The molecule has 0 bridgehead atoms. The van der Waals surface area contributed by atoms with Crippen LogP contribution >= 0.6 is 22.7 Å². The van der Waals surface area contributed by atoms with E-state index in [9.17, 15) is 0 Å². The van der Waals surface area contributed by atoms with Crippen molar-refractivity contribution >= 4 is 22.7 Å². The predicted molar refractivity (Wildman–Crippen MR) is 91.4 cm³/mol. The summed E-state index contributed by atoms with van der Waals surface area (Å²) in [5.41, 5.74) is 6.04. The normalized spacial score (nSPS) is 11.0. The molecule has 0 saturated carbocycles. The van der Waals surface area contributed by atoms with Crippen molar-refractivity contribution in [3.8, 4) is 11.3 Å². The van der Waals surface area contributed by atoms with Gasteiger partial charge in [0.2, 0.25) is 0 Å². The van der Waals surface area contributed by atoms with E-state index in [1.54, 1.807) is 22.7 Å². The molecule has 0 saturated heterocycles. The van der Waals surface area contributed by atoms with Crippen LogP contribution in [0.3, 0.4) is 0 Å². The maximum absolute atomic E-state index is 4.87. The molecule has 0 fully saturated rings. The maximum Gasteiger partial charge on any atom is 0.100 e. The minimum Gasteiger partial charge on any atom is -0.246 e. The van der Waals surface area contributed by atoms with Crippen LogP contribution < -0.4 is 0 Å². The van der Waals surface area contributed by atoms with Crippen LogP contribution in [0.1, 0.15) is 31.7 Å². The van der Waals surface area contributed by atoms with Gasteiger partial charge in [0.15, 0.2) is 0 Å². The second kappa shape index (κ2) is 5.70. The Morgan fingerprint density at radius 2 is 1.81 bits per heavy atom. The summed E-state index contributed by atoms with van der Waals surface area (Å²) in [6.07, 6.45) is 0.842. The summed E-state index contributed by atoms with van der Waals surface area (Å²) in [6.45, 7) is 8.47. The van der Waals surface area contributed by atoms with E-state index in [2.05, 4.69) is 49.3 Å². The fraction of sp³-hybridized carbons (Fsp3) is 0.294. The Balaban J connectivity index is 1.96. The van der Waals surface area contributed by atoms with E-state index in [-0.39, 0.29) is 0 Å². The van der Waals surface area contributed by atoms with Crippen LogP contribution in [0.15, 0.2) is 23.6 Å². The lowest BCUT2D eigenvalue weighted by molar-refractivity contribution is 1.08. The predicted octanol–water partition coefficient (Wildman–Crippen LogP) is 5.09. The van der Waals surface area contributed by atoms with Gasteiger partial charge in [0, 0.05) is 21.5 Å². The van der Waals surface area contributed by atoms with Crippen LogP contribution in [0.5, 0.6) is 0 Å². The van der Waals surface area contributed by atoms with Crippen LogP contribution in [-0.2, 0) is 6.42 Å². The fourth-order valence-corrected chi connectivity index (χ4v) is 4.20. The van der Waals surface area contributed by atoms with Crippen LogP contribution in [0.4, 0.5) is 0 Å². The number of thiazole rings is 2. The number of rotatable bonds is 3. The Labute approximate surface area is 133 Å². The van der Waals surface area contributed by atoms with E-state index in [4.69, 9.17) is 4.98 Å². The molecule has 2 aromatic heterocycles. The second-order valence-corrected chi connectivity index (χ2v) is 7.62. The first kappa shape index (κ1) is 14.4. The number of aromatic nitrogens is 2. The van der Waals surface area contributed by atoms with Gasteiger partial charge in [0.05, 0.1) is 17.1 Å². The molecule has 1 aromatic carbocycles. The molecule has 0 amide bonds. The van der Waals surface area contributed by atoms with Crippen LogP contribution in [0.25, 0.3) is 11.3 Å². The SMILES string of the molecule is Cc1ccc(C)c(-c2nc(Cc3nc(C)cs3)sc2C)c1. The second-order valence-electron chi connectivity index (χ2n) is 5.39. The van der Waals surface area contributed by atoms with Crippen molar-refractivity contribution in [1.82, 2.24) is 9.97 Å². The van der Waals surface area contributed by atoms with Crippen molar-refractivity contribution in [3.05, 3.63) is 55.3 Å². The average Bonchev–Trinajstić information content (AvgIpc) is 2.99. The number of aryl methyl sites for hydroxylation is 4. The first-order valence-corrected chi connectivity index (χ1v) is 8.67. The van der Waals surface area contributed by atoms with Crippen molar-refractivity contribution in [1.29, 1.82) is 0 Å². The average molecular weight is 314 g/mol. The topological polar surface area (TPSA) is 25.8 Å². The van der Waals surface area contributed by atoms with Gasteiger partial charge >= 0.3 is 0 Å². The van der Waals surface area contributed by atoms with Gasteiger partial charge in [-0.1, -0.05) is 17.7 Å². The third-order valence-corrected chi connectivity index (χ3v) is 5.40. The van der Waals surface area contributed by atoms with Crippen molar-refractivity contribution in [2.45, 2.75) is 34.1 Å². The molecule has 0 aliphatic carbocycles. The number of benzene rings is 1. The summed E-state index contributed by atoms with van der Waals surface area (Å²) in [5.74, 6) is 0. The first-order chi connectivity index (χ1) is 10.0. The van der Waals surface area contributed by atoms with E-state index in [0.717, 1.165) is 27.8 Å². The van der Waals surface area contributed by atoms with Gasteiger partial charge in [-0.3, -0.25) is 0 Å². The van der Waals surface area contributed by atoms with Gasteiger partial charge < -0.3 is 0 Å². The smallest absolute Gasteiger partial charge is 0.100 e. The van der Waals surface area contributed by atoms with Crippen molar-refractivity contribution in [3.63, 3.8) is 0 Å². The molecule has 0 aliphatic heterocycles. The zero-order valence-corrected chi connectivity index (χ0v) is 14.4. The molecule has 0 radical (unpaired) electrons. The van der Waals surface area contributed by atoms with E-state index in [1.165, 1.54) is 21.6 Å². The monoisotopic (exact) mass is 314 g/mol. The largest absolute Gasteiger partial charge is 0.246 e. The molecule has 4 heteroatoms. The molecule has 0 spiro atoms. The van der Waals surface area contributed by atoms with Gasteiger partial charge in [-0.15, -0.1) is 22.7 Å². The number of hydrogen-bond donors (Lipinski definition) is 0. The highest BCUT2D eigenvalue weighted by atomic mass is 32.1. The minimum absolute atomic E-state index is 0.842. The molecule has 21 heavy (non-hydrogen) atoms. The molecule has 0 aliphatic rings. The Bertz CT molecular complexity index is 784. The van der Waals surface area contributed by atoms with Crippen molar-refractivity contribution in [2.24, 2.45) is 0 Å². The molecular weight excluding hydrogens is 296 g/mol. The number of nitrogens with zero attached hydrogens (tertiary/aromatic N) is 2. The highest BCUT2D eigenvalue weighted by molar-refractivity contribution is 7.12. The molecule has 2 nitrogen and oxygen atoms in total. The lowest BCUT2D eigenvalue weighted by Crippen LogP contribution is -1.89. The third-order valence-electron chi connectivity index (χ3n) is 3.46.